The van der Waals surface area contributed by atoms with Crippen LogP contribution in [-0.4, -0.2) is 18.5 Å². The molecule has 0 aromatic heterocycles. The maximum Gasteiger partial charge on any atom is 0.127 e. The molecule has 0 aliphatic carbocycles. The van der Waals surface area contributed by atoms with Gasteiger partial charge in [-0.05, 0) is 12.0 Å². The van der Waals surface area contributed by atoms with Crippen molar-refractivity contribution in [3.8, 4) is 0 Å². The van der Waals surface area contributed by atoms with E-state index in [4.69, 9.17) is 5.11 Å². The van der Waals surface area contributed by atoms with Crippen LogP contribution in [-0.2, 0) is 4.79 Å². The molecule has 0 fully saturated rings. The van der Waals surface area contributed by atoms with Crippen LogP contribution in [0, 0.1) is 0 Å². The maximum atomic E-state index is 10.5. The van der Waals surface area contributed by atoms with E-state index in [9.17, 15) is 4.79 Å². The van der Waals surface area contributed by atoms with E-state index in [0.29, 0.717) is 0 Å². The van der Waals surface area contributed by atoms with Gasteiger partial charge in [0.1, 0.15) is 6.29 Å². The Hall–Kier alpha value is -1.15. The van der Waals surface area contributed by atoms with Crippen LogP contribution in [0.25, 0.3) is 0 Å². The van der Waals surface area contributed by atoms with E-state index in [1.165, 1.54) is 0 Å². The van der Waals surface area contributed by atoms with Gasteiger partial charge in [0.25, 0.3) is 0 Å². The Balaban J connectivity index is 0.000000671. The maximum absolute atomic E-state index is 10.5. The minimum atomic E-state index is 0.0798. The van der Waals surface area contributed by atoms with Crippen LogP contribution in [0.1, 0.15) is 24.8 Å². The topological polar surface area (TPSA) is 37.3 Å². The predicted molar refractivity (Wildman–Crippen MR) is 53.7 cm³/mol. The zero-order valence-electron chi connectivity index (χ0n) is 8.10. The average molecular weight is 180 g/mol. The molecule has 0 amide bonds. The summed E-state index contributed by atoms with van der Waals surface area (Å²) in [5, 5.41) is 7.00. The highest BCUT2D eigenvalue weighted by Crippen LogP contribution is 2.15. The van der Waals surface area contributed by atoms with Crippen LogP contribution in [0.15, 0.2) is 30.3 Å². The number of aliphatic hydroxyl groups is 1. The van der Waals surface area contributed by atoms with E-state index in [2.05, 4.69) is 0 Å². The van der Waals surface area contributed by atoms with Crippen LogP contribution in [0.4, 0.5) is 0 Å². The molecule has 1 aromatic carbocycles. The summed E-state index contributed by atoms with van der Waals surface area (Å²) in [6, 6.07) is 9.86. The van der Waals surface area contributed by atoms with Gasteiger partial charge in [0, 0.05) is 13.0 Å². The SMILES string of the molecule is CCC(C=O)c1ccccc1.CO. The van der Waals surface area contributed by atoms with Crippen molar-refractivity contribution >= 4 is 6.29 Å². The zero-order chi connectivity index (χ0) is 10.1. The first kappa shape index (κ1) is 11.8. The van der Waals surface area contributed by atoms with Gasteiger partial charge < -0.3 is 9.90 Å². The fourth-order valence-corrected chi connectivity index (χ4v) is 1.11. The molecule has 13 heavy (non-hydrogen) atoms. The van der Waals surface area contributed by atoms with Gasteiger partial charge in [-0.25, -0.2) is 0 Å². The van der Waals surface area contributed by atoms with E-state index in [1.807, 2.05) is 37.3 Å². The summed E-state index contributed by atoms with van der Waals surface area (Å²) < 4.78 is 0. The molecule has 2 nitrogen and oxygen atoms in total. The summed E-state index contributed by atoms with van der Waals surface area (Å²) >= 11 is 0. The number of carbonyl (C=O) groups is 1. The molecule has 0 aliphatic rings. The molecule has 1 rings (SSSR count). The van der Waals surface area contributed by atoms with Crippen molar-refractivity contribution in [3.05, 3.63) is 35.9 Å². The molecular formula is C11H16O2. The Morgan fingerprint density at radius 2 is 1.85 bits per heavy atom. The first-order chi connectivity index (χ1) is 6.38. The predicted octanol–water partition coefficient (Wildman–Crippen LogP) is 1.99. The molecule has 2 heteroatoms. The second-order valence-electron chi connectivity index (χ2n) is 2.56. The van der Waals surface area contributed by atoms with Gasteiger partial charge in [-0.15, -0.1) is 0 Å². The second-order valence-corrected chi connectivity index (χ2v) is 2.56. The minimum Gasteiger partial charge on any atom is -0.400 e. The lowest BCUT2D eigenvalue weighted by Gasteiger charge is -2.05. The first-order valence-corrected chi connectivity index (χ1v) is 4.33. The third kappa shape index (κ3) is 3.85. The lowest BCUT2D eigenvalue weighted by molar-refractivity contribution is -0.109. The van der Waals surface area contributed by atoms with Crippen molar-refractivity contribution in [2.24, 2.45) is 0 Å². The van der Waals surface area contributed by atoms with E-state index < -0.39 is 0 Å². The van der Waals surface area contributed by atoms with Crippen molar-refractivity contribution in [2.75, 3.05) is 7.11 Å². The number of hydrogen-bond donors (Lipinski definition) is 1. The van der Waals surface area contributed by atoms with Gasteiger partial charge in [-0.3, -0.25) is 0 Å². The normalized spacial score (nSPS) is 11.0. The van der Waals surface area contributed by atoms with E-state index >= 15 is 0 Å². The van der Waals surface area contributed by atoms with E-state index in [-0.39, 0.29) is 5.92 Å². The van der Waals surface area contributed by atoms with Gasteiger partial charge in [0.05, 0.1) is 0 Å². The van der Waals surface area contributed by atoms with Crippen molar-refractivity contribution in [2.45, 2.75) is 19.3 Å². The zero-order valence-corrected chi connectivity index (χ0v) is 8.10. The smallest absolute Gasteiger partial charge is 0.127 e. The lowest BCUT2D eigenvalue weighted by Crippen LogP contribution is -1.96. The van der Waals surface area contributed by atoms with E-state index in [1.54, 1.807) is 0 Å². The largest absolute Gasteiger partial charge is 0.400 e. The summed E-state index contributed by atoms with van der Waals surface area (Å²) in [6.07, 6.45) is 1.89. The molecule has 1 atom stereocenters. The summed E-state index contributed by atoms with van der Waals surface area (Å²) in [6.45, 7) is 2.02. The third-order valence-corrected chi connectivity index (χ3v) is 1.83. The molecule has 0 spiro atoms. The molecule has 0 aliphatic heterocycles. The van der Waals surface area contributed by atoms with Gasteiger partial charge in [0.2, 0.25) is 0 Å². The monoisotopic (exact) mass is 180 g/mol. The number of aliphatic hydroxyl groups excluding tert-OH is 1. The number of rotatable bonds is 3. The highest BCUT2D eigenvalue weighted by atomic mass is 16.2. The van der Waals surface area contributed by atoms with Crippen LogP contribution in [0.3, 0.4) is 0 Å². The van der Waals surface area contributed by atoms with Crippen molar-refractivity contribution in [1.29, 1.82) is 0 Å². The Morgan fingerprint density at radius 1 is 1.31 bits per heavy atom. The van der Waals surface area contributed by atoms with Crippen molar-refractivity contribution in [1.82, 2.24) is 0 Å². The second kappa shape index (κ2) is 7.50. The molecule has 0 radical (unpaired) electrons. The van der Waals surface area contributed by atoms with Gasteiger partial charge in [-0.2, -0.15) is 0 Å². The van der Waals surface area contributed by atoms with Gasteiger partial charge >= 0.3 is 0 Å². The summed E-state index contributed by atoms with van der Waals surface area (Å²) in [7, 11) is 1.00. The van der Waals surface area contributed by atoms with Crippen LogP contribution >= 0.6 is 0 Å². The van der Waals surface area contributed by atoms with Crippen LogP contribution in [0.5, 0.6) is 0 Å². The molecule has 0 heterocycles. The van der Waals surface area contributed by atoms with Gasteiger partial charge in [-0.1, -0.05) is 37.3 Å². The first-order valence-electron chi connectivity index (χ1n) is 4.33. The number of benzene rings is 1. The third-order valence-electron chi connectivity index (χ3n) is 1.83. The molecule has 72 valence electrons. The Labute approximate surface area is 79.2 Å². The molecule has 1 aromatic rings. The highest BCUT2D eigenvalue weighted by Gasteiger charge is 2.04. The summed E-state index contributed by atoms with van der Waals surface area (Å²) in [4.78, 5) is 10.5. The Bertz CT molecular complexity index is 219. The number of carbonyl (C=O) groups excluding carboxylic acids is 1. The van der Waals surface area contributed by atoms with Crippen LogP contribution < -0.4 is 0 Å². The minimum absolute atomic E-state index is 0.0798. The number of aldehydes is 1. The van der Waals surface area contributed by atoms with Gasteiger partial charge in [0.15, 0.2) is 0 Å². The fourth-order valence-electron chi connectivity index (χ4n) is 1.11. The molecule has 1 N–H and O–H groups in total. The van der Waals surface area contributed by atoms with Crippen LogP contribution in [0.2, 0.25) is 0 Å². The Morgan fingerprint density at radius 3 is 2.23 bits per heavy atom. The van der Waals surface area contributed by atoms with Crippen molar-refractivity contribution in [3.63, 3.8) is 0 Å². The molecule has 0 bridgehead atoms. The summed E-state index contributed by atoms with van der Waals surface area (Å²) in [5.74, 6) is 0.0798. The molecular weight excluding hydrogens is 164 g/mol. The lowest BCUT2D eigenvalue weighted by atomic mass is 9.98. The highest BCUT2D eigenvalue weighted by molar-refractivity contribution is 5.61. The molecule has 0 saturated heterocycles. The number of hydrogen-bond acceptors (Lipinski definition) is 2. The van der Waals surface area contributed by atoms with Crippen molar-refractivity contribution < 1.29 is 9.90 Å². The molecule has 1 unspecified atom stereocenters. The van der Waals surface area contributed by atoms with E-state index in [0.717, 1.165) is 25.4 Å². The quantitative estimate of drug-likeness (QED) is 0.722. The fraction of sp³-hybridized carbons (Fsp3) is 0.364. The molecule has 0 saturated carbocycles. The summed E-state index contributed by atoms with van der Waals surface area (Å²) in [5.41, 5.74) is 1.12. The Kier molecular flexibility index (Phi) is 6.83. The standard InChI is InChI=1S/C10H12O.CH4O/c1-2-9(8-11)10-6-4-3-5-7-10;1-2/h3-9H,2H2,1H3;2H,1H3. The average Bonchev–Trinajstić information content (AvgIpc) is 2.24.